The van der Waals surface area contributed by atoms with Gasteiger partial charge in [0.2, 0.25) is 16.2 Å². The van der Waals surface area contributed by atoms with Gasteiger partial charge in [0.15, 0.2) is 0 Å². The van der Waals surface area contributed by atoms with Crippen molar-refractivity contribution in [1.29, 1.82) is 0 Å². The van der Waals surface area contributed by atoms with Crippen molar-refractivity contribution in [2.45, 2.75) is 17.2 Å². The van der Waals surface area contributed by atoms with E-state index in [1.54, 1.807) is 18.2 Å². The molecule has 2 heterocycles. The van der Waals surface area contributed by atoms with Crippen molar-refractivity contribution in [2.75, 3.05) is 28.5 Å². The van der Waals surface area contributed by atoms with Crippen LogP contribution in [0.4, 0.5) is 16.0 Å². The van der Waals surface area contributed by atoms with E-state index in [9.17, 15) is 13.2 Å². The lowest BCUT2D eigenvalue weighted by atomic mass is 9.89. The highest BCUT2D eigenvalue weighted by molar-refractivity contribution is 7.93. The third-order valence-electron chi connectivity index (χ3n) is 4.72. The number of sulfonamides is 1. The van der Waals surface area contributed by atoms with Crippen molar-refractivity contribution in [3.63, 3.8) is 0 Å². The molecule has 0 aliphatic carbocycles. The lowest BCUT2D eigenvalue weighted by molar-refractivity contribution is -0.117. The van der Waals surface area contributed by atoms with Gasteiger partial charge in [0.1, 0.15) is 0 Å². The van der Waals surface area contributed by atoms with Crippen LogP contribution in [-0.4, -0.2) is 38.1 Å². The summed E-state index contributed by atoms with van der Waals surface area (Å²) < 4.78 is 27.2. The van der Waals surface area contributed by atoms with Gasteiger partial charge < -0.3 is 4.90 Å². The molecule has 0 fully saturated rings. The Kier molecular flexibility index (Phi) is 5.20. The Morgan fingerprint density at radius 1 is 1.07 bits per heavy atom. The van der Waals surface area contributed by atoms with E-state index in [0.717, 1.165) is 29.1 Å². The van der Waals surface area contributed by atoms with Crippen LogP contribution >= 0.6 is 11.3 Å². The molecule has 1 unspecified atom stereocenters. The Balaban J connectivity index is 1.47. The number of anilines is 3. The molecule has 0 saturated carbocycles. The molecular formula is C19H19N5O3S2. The van der Waals surface area contributed by atoms with E-state index in [1.165, 1.54) is 12.1 Å². The average Bonchev–Trinajstić information content (AvgIpc) is 3.15. The molecule has 4 rings (SSSR count). The third kappa shape index (κ3) is 4.08. The summed E-state index contributed by atoms with van der Waals surface area (Å²) in [6.45, 7) is 0.771. The van der Waals surface area contributed by atoms with E-state index < -0.39 is 10.0 Å². The highest BCUT2D eigenvalue weighted by atomic mass is 32.2. The number of carbonyl (C=O) groups excluding carboxylic acids is 1. The summed E-state index contributed by atoms with van der Waals surface area (Å²) in [5, 5.41) is 10.8. The first kappa shape index (κ1) is 19.3. The maximum atomic E-state index is 12.8. The van der Waals surface area contributed by atoms with Gasteiger partial charge in [-0.1, -0.05) is 47.7 Å². The highest BCUT2D eigenvalue weighted by Crippen LogP contribution is 2.35. The number of carbonyl (C=O) groups is 1. The van der Waals surface area contributed by atoms with Crippen molar-refractivity contribution in [1.82, 2.24) is 10.2 Å². The number of benzene rings is 2. The summed E-state index contributed by atoms with van der Waals surface area (Å²) in [6, 6.07) is 15.8. The van der Waals surface area contributed by atoms with Gasteiger partial charge in [0.25, 0.3) is 10.0 Å². The van der Waals surface area contributed by atoms with Crippen LogP contribution in [0.2, 0.25) is 0 Å². The Morgan fingerprint density at radius 2 is 1.76 bits per heavy atom. The second-order valence-electron chi connectivity index (χ2n) is 6.64. The second-order valence-corrected chi connectivity index (χ2v) is 9.30. The van der Waals surface area contributed by atoms with E-state index in [4.69, 9.17) is 0 Å². The van der Waals surface area contributed by atoms with Crippen LogP contribution in [0, 0.1) is 0 Å². The normalized spacial score (nSPS) is 16.2. The number of nitrogens with zero attached hydrogens (tertiary/aromatic N) is 3. The molecule has 1 atom stereocenters. The van der Waals surface area contributed by atoms with Gasteiger partial charge in [-0.25, -0.2) is 8.42 Å². The highest BCUT2D eigenvalue weighted by Gasteiger charge is 2.29. The van der Waals surface area contributed by atoms with Crippen LogP contribution in [0.3, 0.4) is 0 Å². The molecule has 0 bridgehead atoms. The van der Waals surface area contributed by atoms with Crippen LogP contribution in [0.5, 0.6) is 0 Å². The maximum absolute atomic E-state index is 12.8. The summed E-state index contributed by atoms with van der Waals surface area (Å²) >= 11 is 0.974. The number of amides is 1. The molecule has 0 spiro atoms. The zero-order chi connectivity index (χ0) is 20.4. The molecule has 150 valence electrons. The lowest BCUT2D eigenvalue weighted by Gasteiger charge is -2.32. The molecule has 1 aromatic heterocycles. The zero-order valence-electron chi connectivity index (χ0n) is 15.6. The first-order valence-corrected chi connectivity index (χ1v) is 11.3. The number of aromatic nitrogens is 2. The van der Waals surface area contributed by atoms with Gasteiger partial charge in [0, 0.05) is 19.3 Å². The van der Waals surface area contributed by atoms with Crippen LogP contribution in [0.1, 0.15) is 17.9 Å². The molecular weight excluding hydrogens is 410 g/mol. The smallest absolute Gasteiger partial charge is 0.263 e. The van der Waals surface area contributed by atoms with Crippen LogP contribution in [-0.2, 0) is 14.8 Å². The topological polar surface area (TPSA) is 104 Å². The van der Waals surface area contributed by atoms with Crippen molar-refractivity contribution in [3.8, 4) is 0 Å². The third-order valence-corrected chi connectivity index (χ3v) is 6.96. The number of nitrogens with one attached hydrogen (secondary N) is 2. The van der Waals surface area contributed by atoms with E-state index in [0.29, 0.717) is 6.42 Å². The lowest BCUT2D eigenvalue weighted by Crippen LogP contribution is -2.32. The molecule has 1 aliphatic rings. The average molecular weight is 430 g/mol. The number of para-hydroxylation sites is 1. The fourth-order valence-electron chi connectivity index (χ4n) is 3.28. The van der Waals surface area contributed by atoms with Crippen molar-refractivity contribution in [2.24, 2.45) is 0 Å². The SMILES string of the molecule is CN1CCC(C(=O)Nc2nnc(NS(=O)(=O)c3ccccc3)s2)c2ccccc21. The summed E-state index contributed by atoms with van der Waals surface area (Å²) in [6.07, 6.45) is 0.686. The molecule has 0 radical (unpaired) electrons. The fraction of sp³-hybridized carbons (Fsp3) is 0.211. The Labute approximate surface area is 172 Å². The van der Waals surface area contributed by atoms with E-state index in [-0.39, 0.29) is 27.0 Å². The minimum atomic E-state index is -3.76. The fourth-order valence-corrected chi connectivity index (χ4v) is 5.18. The van der Waals surface area contributed by atoms with Gasteiger partial charge in [0.05, 0.1) is 10.8 Å². The number of fused-ring (bicyclic) bond motifs is 1. The summed E-state index contributed by atoms with van der Waals surface area (Å²) in [4.78, 5) is 15.1. The second kappa shape index (κ2) is 7.80. The van der Waals surface area contributed by atoms with E-state index in [2.05, 4.69) is 25.1 Å². The van der Waals surface area contributed by atoms with Crippen LogP contribution in [0.15, 0.2) is 59.5 Å². The van der Waals surface area contributed by atoms with Gasteiger partial charge in [-0.05, 0) is 30.2 Å². The Hall–Kier alpha value is -2.98. The molecule has 0 saturated heterocycles. The minimum Gasteiger partial charge on any atom is -0.374 e. The molecule has 1 amide bonds. The number of hydrogen-bond donors (Lipinski definition) is 2. The van der Waals surface area contributed by atoms with Gasteiger partial charge in [-0.2, -0.15) is 0 Å². The van der Waals surface area contributed by atoms with E-state index >= 15 is 0 Å². The first-order valence-electron chi connectivity index (χ1n) is 8.96. The Morgan fingerprint density at radius 3 is 2.55 bits per heavy atom. The van der Waals surface area contributed by atoms with Crippen molar-refractivity contribution < 1.29 is 13.2 Å². The predicted octanol–water partition coefficient (Wildman–Crippen LogP) is 2.90. The van der Waals surface area contributed by atoms with Gasteiger partial charge in [-0.3, -0.25) is 14.8 Å². The molecule has 29 heavy (non-hydrogen) atoms. The molecule has 2 aromatic carbocycles. The zero-order valence-corrected chi connectivity index (χ0v) is 17.2. The summed E-state index contributed by atoms with van der Waals surface area (Å²) in [5.41, 5.74) is 2.00. The Bertz CT molecular complexity index is 1130. The molecule has 1 aliphatic heterocycles. The number of rotatable bonds is 5. The largest absolute Gasteiger partial charge is 0.374 e. The van der Waals surface area contributed by atoms with Crippen LogP contribution in [0.25, 0.3) is 0 Å². The minimum absolute atomic E-state index is 0.0907. The standard InChI is InChI=1S/C19H19N5O3S2/c1-24-12-11-15(14-9-5-6-10-16(14)24)17(25)20-18-21-22-19(28-18)23-29(26,27)13-7-3-2-4-8-13/h2-10,15H,11-12H2,1H3,(H,22,23)(H,20,21,25). The van der Waals surface area contributed by atoms with Gasteiger partial charge >= 0.3 is 0 Å². The quantitative estimate of drug-likeness (QED) is 0.646. The summed E-state index contributed by atoms with van der Waals surface area (Å²) in [7, 11) is -1.75. The molecule has 2 N–H and O–H groups in total. The maximum Gasteiger partial charge on any atom is 0.263 e. The van der Waals surface area contributed by atoms with Gasteiger partial charge in [-0.15, -0.1) is 10.2 Å². The first-order chi connectivity index (χ1) is 13.9. The van der Waals surface area contributed by atoms with Crippen molar-refractivity contribution in [3.05, 3.63) is 60.2 Å². The molecule has 3 aromatic rings. The molecule has 10 heteroatoms. The number of hydrogen-bond acceptors (Lipinski definition) is 7. The van der Waals surface area contributed by atoms with Crippen LogP contribution < -0.4 is 14.9 Å². The monoisotopic (exact) mass is 429 g/mol. The van der Waals surface area contributed by atoms with E-state index in [1.807, 2.05) is 31.3 Å². The molecule has 8 nitrogen and oxygen atoms in total. The summed E-state index contributed by atoms with van der Waals surface area (Å²) in [5.74, 6) is -0.477. The van der Waals surface area contributed by atoms with Crippen molar-refractivity contribution >= 4 is 43.2 Å². The predicted molar refractivity (Wildman–Crippen MR) is 113 cm³/mol.